The number of hydrogen-bond donors (Lipinski definition) is 1. The highest BCUT2D eigenvalue weighted by Crippen LogP contribution is 2.43. The Morgan fingerprint density at radius 3 is 2.68 bits per heavy atom. The fourth-order valence-corrected chi connectivity index (χ4v) is 4.64. The molecule has 10 heteroatoms. The average molecular weight is 482 g/mol. The van der Waals surface area contributed by atoms with Crippen LogP contribution >= 0.6 is 11.3 Å². The molecule has 8 nitrogen and oxygen atoms in total. The number of nitrogens with zero attached hydrogens (tertiary/aromatic N) is 3. The lowest BCUT2D eigenvalue weighted by Gasteiger charge is -2.22. The summed E-state index contributed by atoms with van der Waals surface area (Å²) in [6.07, 6.45) is 2.98. The Labute approximate surface area is 198 Å². The van der Waals surface area contributed by atoms with Gasteiger partial charge >= 0.3 is 11.9 Å². The van der Waals surface area contributed by atoms with Crippen LogP contribution in [-0.4, -0.2) is 39.3 Å². The first-order valence-corrected chi connectivity index (χ1v) is 11.2. The van der Waals surface area contributed by atoms with E-state index < -0.39 is 35.3 Å². The van der Waals surface area contributed by atoms with Crippen molar-refractivity contribution in [2.75, 3.05) is 11.5 Å². The van der Waals surface area contributed by atoms with Gasteiger partial charge in [-0.3, -0.25) is 19.5 Å². The first-order valence-electron chi connectivity index (χ1n) is 10.4. The number of halogens is 1. The summed E-state index contributed by atoms with van der Waals surface area (Å²) in [5.74, 6) is -3.57. The molecule has 1 N–H and O–H groups in total. The van der Waals surface area contributed by atoms with E-state index in [4.69, 9.17) is 4.74 Å². The smallest absolute Gasteiger partial charge is 0.350 e. The SMILES string of the molecule is CCOC(=O)c1sc(N2C(=O)C(=O)C(=C(O)c3ccc(C)c(F)c3)C2c2cccnc2)nc1C. The van der Waals surface area contributed by atoms with Crippen LogP contribution in [0.15, 0.2) is 48.3 Å². The van der Waals surface area contributed by atoms with Crippen LogP contribution in [0.4, 0.5) is 9.52 Å². The molecule has 1 amide bonds. The van der Waals surface area contributed by atoms with Gasteiger partial charge in [0.15, 0.2) is 5.13 Å². The monoisotopic (exact) mass is 481 g/mol. The van der Waals surface area contributed by atoms with Gasteiger partial charge in [0, 0.05) is 18.0 Å². The van der Waals surface area contributed by atoms with Gasteiger partial charge in [0.1, 0.15) is 16.5 Å². The van der Waals surface area contributed by atoms with E-state index in [1.54, 1.807) is 32.9 Å². The van der Waals surface area contributed by atoms with E-state index in [0.717, 1.165) is 22.3 Å². The maximum absolute atomic E-state index is 14.2. The highest BCUT2D eigenvalue weighted by Gasteiger charge is 2.48. The lowest BCUT2D eigenvalue weighted by molar-refractivity contribution is -0.132. The number of aromatic nitrogens is 2. The van der Waals surface area contributed by atoms with Crippen molar-refractivity contribution >= 4 is 39.9 Å². The third-order valence-corrected chi connectivity index (χ3v) is 6.48. The third kappa shape index (κ3) is 3.96. The van der Waals surface area contributed by atoms with Crippen LogP contribution < -0.4 is 4.90 Å². The van der Waals surface area contributed by atoms with E-state index in [-0.39, 0.29) is 27.8 Å². The molecule has 3 heterocycles. The van der Waals surface area contributed by atoms with Crippen LogP contribution in [0, 0.1) is 19.7 Å². The second kappa shape index (κ2) is 9.14. The number of benzene rings is 1. The largest absolute Gasteiger partial charge is 0.507 e. The number of aliphatic hydroxyl groups is 1. The maximum atomic E-state index is 14.2. The number of Topliss-reactive ketones (excluding diaryl/α,β-unsaturated/α-hetero) is 1. The van der Waals surface area contributed by atoms with E-state index in [0.29, 0.717) is 16.8 Å². The van der Waals surface area contributed by atoms with E-state index in [2.05, 4.69) is 9.97 Å². The number of rotatable bonds is 5. The number of hydrogen-bond acceptors (Lipinski definition) is 8. The average Bonchev–Trinajstić information content (AvgIpc) is 3.33. The molecule has 2 aromatic heterocycles. The molecule has 1 atom stereocenters. The summed E-state index contributed by atoms with van der Waals surface area (Å²) in [6, 6.07) is 6.22. The molecule has 174 valence electrons. The van der Waals surface area contributed by atoms with Crippen molar-refractivity contribution in [3.05, 3.63) is 81.4 Å². The van der Waals surface area contributed by atoms with Crippen molar-refractivity contribution in [2.24, 2.45) is 0 Å². The predicted octanol–water partition coefficient (Wildman–Crippen LogP) is 4.10. The number of aryl methyl sites for hydroxylation is 2. The number of anilines is 1. The number of ketones is 1. The van der Waals surface area contributed by atoms with Gasteiger partial charge in [-0.15, -0.1) is 0 Å². The number of carbonyl (C=O) groups is 3. The summed E-state index contributed by atoms with van der Waals surface area (Å²) in [7, 11) is 0. The summed E-state index contributed by atoms with van der Waals surface area (Å²) in [6.45, 7) is 5.00. The molecule has 3 aromatic rings. The van der Waals surface area contributed by atoms with Crippen molar-refractivity contribution in [3.63, 3.8) is 0 Å². The van der Waals surface area contributed by atoms with E-state index in [1.807, 2.05) is 0 Å². The van der Waals surface area contributed by atoms with E-state index in [9.17, 15) is 23.9 Å². The molecule has 1 aliphatic rings. The maximum Gasteiger partial charge on any atom is 0.350 e. The number of aliphatic hydroxyl groups excluding tert-OH is 1. The molecule has 4 rings (SSSR count). The molecule has 0 saturated carbocycles. The van der Waals surface area contributed by atoms with Crippen LogP contribution in [0.3, 0.4) is 0 Å². The number of ether oxygens (including phenoxy) is 1. The van der Waals surface area contributed by atoms with Gasteiger partial charge in [0.2, 0.25) is 0 Å². The van der Waals surface area contributed by atoms with Gasteiger partial charge < -0.3 is 9.84 Å². The van der Waals surface area contributed by atoms with E-state index >= 15 is 0 Å². The molecular weight excluding hydrogens is 461 g/mol. The predicted molar refractivity (Wildman–Crippen MR) is 123 cm³/mol. The molecule has 1 fully saturated rings. The topological polar surface area (TPSA) is 110 Å². The van der Waals surface area contributed by atoms with E-state index in [1.165, 1.54) is 24.5 Å². The zero-order valence-corrected chi connectivity index (χ0v) is 19.4. The van der Waals surface area contributed by atoms with Crippen molar-refractivity contribution < 1.29 is 28.6 Å². The number of amides is 1. The minimum absolute atomic E-state index is 0.0533. The van der Waals surface area contributed by atoms with Crippen molar-refractivity contribution in [1.82, 2.24) is 9.97 Å². The molecule has 0 aliphatic carbocycles. The Morgan fingerprint density at radius 2 is 2.03 bits per heavy atom. The second-order valence-corrected chi connectivity index (χ2v) is 8.53. The van der Waals surface area contributed by atoms with Gasteiger partial charge in [-0.2, -0.15) is 0 Å². The zero-order chi connectivity index (χ0) is 24.6. The number of carbonyl (C=O) groups excluding carboxylic acids is 3. The summed E-state index contributed by atoms with van der Waals surface area (Å²) >= 11 is 0.906. The molecule has 1 aromatic carbocycles. The van der Waals surface area contributed by atoms with Gasteiger partial charge in [0.25, 0.3) is 5.78 Å². The molecule has 0 bridgehead atoms. The Balaban J connectivity index is 1.90. The quantitative estimate of drug-likeness (QED) is 0.253. The first kappa shape index (κ1) is 23.2. The summed E-state index contributed by atoms with van der Waals surface area (Å²) in [5.41, 5.74) is 0.960. The standard InChI is InChI=1S/C24H20FN3O5S/c1-4-33-23(32)21-13(3)27-24(34-21)28-18(15-6-5-9-26-11-15)17(20(30)22(28)31)19(29)14-8-7-12(2)16(25)10-14/h5-11,18,29H,4H2,1-3H3. The minimum Gasteiger partial charge on any atom is -0.507 e. The Bertz CT molecular complexity index is 1340. The molecule has 1 unspecified atom stereocenters. The zero-order valence-electron chi connectivity index (χ0n) is 18.5. The molecule has 0 spiro atoms. The number of thiazole rings is 1. The van der Waals surface area contributed by atoms with Gasteiger partial charge in [-0.1, -0.05) is 29.5 Å². The Kier molecular flexibility index (Phi) is 6.25. The lowest BCUT2D eigenvalue weighted by atomic mass is 9.96. The molecule has 1 aliphatic heterocycles. The molecule has 0 radical (unpaired) electrons. The van der Waals surface area contributed by atoms with Crippen LogP contribution in [-0.2, 0) is 14.3 Å². The normalized spacial score (nSPS) is 17.3. The summed E-state index contributed by atoms with van der Waals surface area (Å²) in [5, 5.41) is 11.1. The molecule has 1 saturated heterocycles. The molecular formula is C24H20FN3O5S. The van der Waals surface area contributed by atoms with Crippen LogP contribution in [0.5, 0.6) is 0 Å². The highest BCUT2D eigenvalue weighted by molar-refractivity contribution is 7.17. The summed E-state index contributed by atoms with van der Waals surface area (Å²) < 4.78 is 19.2. The van der Waals surface area contributed by atoms with Crippen molar-refractivity contribution in [1.29, 1.82) is 0 Å². The first-order chi connectivity index (χ1) is 16.2. The molecule has 34 heavy (non-hydrogen) atoms. The Hall–Kier alpha value is -3.92. The minimum atomic E-state index is -1.08. The van der Waals surface area contributed by atoms with Crippen molar-refractivity contribution in [3.8, 4) is 0 Å². The third-order valence-electron chi connectivity index (χ3n) is 5.34. The Morgan fingerprint density at radius 1 is 1.26 bits per heavy atom. The van der Waals surface area contributed by atoms with Crippen molar-refractivity contribution in [2.45, 2.75) is 26.8 Å². The van der Waals surface area contributed by atoms with Crippen LogP contribution in [0.2, 0.25) is 0 Å². The van der Waals surface area contributed by atoms with Crippen LogP contribution in [0.25, 0.3) is 5.76 Å². The fraction of sp³-hybridized carbons (Fsp3) is 0.208. The van der Waals surface area contributed by atoms with Gasteiger partial charge in [-0.05, 0) is 44.0 Å². The van der Waals surface area contributed by atoms with Gasteiger partial charge in [-0.25, -0.2) is 14.2 Å². The number of pyridine rings is 1. The highest BCUT2D eigenvalue weighted by atomic mass is 32.1. The summed E-state index contributed by atoms with van der Waals surface area (Å²) in [4.78, 5) is 48.3. The lowest BCUT2D eigenvalue weighted by Crippen LogP contribution is -2.29. The number of esters is 1. The fourth-order valence-electron chi connectivity index (χ4n) is 3.65. The second-order valence-electron chi connectivity index (χ2n) is 7.55. The van der Waals surface area contributed by atoms with Gasteiger partial charge in [0.05, 0.1) is 23.9 Å². The van der Waals surface area contributed by atoms with Crippen LogP contribution in [0.1, 0.15) is 45.0 Å².